The van der Waals surface area contributed by atoms with Gasteiger partial charge in [0, 0.05) is 39.1 Å². The van der Waals surface area contributed by atoms with E-state index in [2.05, 4.69) is 72.5 Å². The third kappa shape index (κ3) is 5.14. The zero-order chi connectivity index (χ0) is 26.3. The first kappa shape index (κ1) is 25.4. The largest absolute Gasteiger partial charge is 0.351 e. The molecule has 0 spiro atoms. The Kier molecular flexibility index (Phi) is 6.82. The molecule has 2 atom stereocenters. The number of aromatic nitrogens is 2. The fourth-order valence-corrected chi connectivity index (χ4v) is 6.10. The number of nitrogens with zero attached hydrogens (tertiary/aromatic N) is 3. The van der Waals surface area contributed by atoms with Gasteiger partial charge in [-0.3, -0.25) is 9.71 Å². The van der Waals surface area contributed by atoms with Crippen LogP contribution in [0.2, 0.25) is 0 Å². The van der Waals surface area contributed by atoms with Crippen LogP contribution in [-0.4, -0.2) is 29.3 Å². The lowest BCUT2D eigenvalue weighted by molar-refractivity contribution is 0.565. The van der Waals surface area contributed by atoms with Gasteiger partial charge < -0.3 is 14.8 Å². The molecule has 0 bridgehead atoms. The smallest absolute Gasteiger partial charge is 0.229 e. The van der Waals surface area contributed by atoms with Crippen molar-refractivity contribution < 1.29 is 8.42 Å². The van der Waals surface area contributed by atoms with Crippen molar-refractivity contribution >= 4 is 54.7 Å². The van der Waals surface area contributed by atoms with Gasteiger partial charge in [0.25, 0.3) is 0 Å². The quantitative estimate of drug-likeness (QED) is 0.274. The highest BCUT2D eigenvalue weighted by Gasteiger charge is 2.42. The molecule has 1 saturated heterocycles. The molecule has 1 aliphatic rings. The predicted molar refractivity (Wildman–Crippen MR) is 156 cm³/mol. The Hall–Kier alpha value is -3.21. The monoisotopic (exact) mass is 595 g/mol. The fraction of sp³-hybridized carbons (Fsp3) is 0.185. The van der Waals surface area contributed by atoms with Gasteiger partial charge in [-0.25, -0.2) is 8.42 Å². The molecule has 0 radical (unpaired) electrons. The van der Waals surface area contributed by atoms with Crippen LogP contribution in [0.4, 0.5) is 11.4 Å². The van der Waals surface area contributed by atoms with Crippen molar-refractivity contribution in [2.45, 2.75) is 25.9 Å². The molecule has 190 valence electrons. The fourth-order valence-electron chi connectivity index (χ4n) is 4.93. The number of benzene rings is 2. The molecule has 7 nitrogen and oxygen atoms in total. The topological polar surface area (TPSA) is 79.3 Å². The van der Waals surface area contributed by atoms with Gasteiger partial charge in [0.2, 0.25) is 10.0 Å². The maximum atomic E-state index is 11.7. The highest BCUT2D eigenvalue weighted by Crippen LogP contribution is 2.44. The second-order valence-electron chi connectivity index (χ2n) is 9.06. The van der Waals surface area contributed by atoms with E-state index in [4.69, 9.17) is 12.2 Å². The van der Waals surface area contributed by atoms with Crippen LogP contribution in [0.1, 0.15) is 34.7 Å². The zero-order valence-electron chi connectivity index (χ0n) is 20.5. The van der Waals surface area contributed by atoms with E-state index in [0.29, 0.717) is 10.8 Å². The van der Waals surface area contributed by atoms with Crippen LogP contribution in [0.15, 0.2) is 83.5 Å². The molecule has 0 aliphatic carbocycles. The number of thiocarbonyl (C=S) groups is 1. The molecule has 0 amide bonds. The summed E-state index contributed by atoms with van der Waals surface area (Å²) in [6.07, 6.45) is 2.92. The highest BCUT2D eigenvalue weighted by atomic mass is 79.9. The Balaban J connectivity index is 1.62. The molecule has 0 saturated carbocycles. The number of halogens is 1. The lowest BCUT2D eigenvalue weighted by Gasteiger charge is -2.28. The van der Waals surface area contributed by atoms with Gasteiger partial charge in [0.05, 0.1) is 24.0 Å². The summed E-state index contributed by atoms with van der Waals surface area (Å²) in [7, 11) is -3.37. The molecule has 2 aromatic carbocycles. The standard InChI is InChI=1S/C27H26BrN5O2S2/c1-17-16-23(18(2)32(17)21-11-7-19(28)8-12-21)26-25(24-6-4-5-15-29-24)30-27(36)33(26)22-13-9-20(10-14-22)31-37(3,34)35/h4-16,25-26,31H,1-3H3,(H,30,36). The maximum Gasteiger partial charge on any atom is 0.229 e. The van der Waals surface area contributed by atoms with E-state index < -0.39 is 10.0 Å². The maximum absolute atomic E-state index is 11.7. The Morgan fingerprint density at radius 3 is 2.30 bits per heavy atom. The van der Waals surface area contributed by atoms with E-state index >= 15 is 0 Å². The molecule has 37 heavy (non-hydrogen) atoms. The number of rotatable bonds is 6. The van der Waals surface area contributed by atoms with Crippen LogP contribution in [0.5, 0.6) is 0 Å². The van der Waals surface area contributed by atoms with Gasteiger partial charge in [0.1, 0.15) is 0 Å². The molecule has 4 aromatic rings. The number of sulfonamides is 1. The second kappa shape index (κ2) is 9.92. The van der Waals surface area contributed by atoms with Crippen molar-refractivity contribution in [2.75, 3.05) is 15.9 Å². The summed E-state index contributed by atoms with van der Waals surface area (Å²) in [6, 6.07) is 23.2. The third-order valence-corrected chi connectivity index (χ3v) is 7.87. The van der Waals surface area contributed by atoms with Crippen molar-refractivity contribution in [1.82, 2.24) is 14.9 Å². The van der Waals surface area contributed by atoms with Gasteiger partial charge in [-0.15, -0.1) is 0 Å². The number of anilines is 2. The van der Waals surface area contributed by atoms with Crippen LogP contribution in [0.3, 0.4) is 0 Å². The molecule has 10 heteroatoms. The van der Waals surface area contributed by atoms with Gasteiger partial charge >= 0.3 is 0 Å². The molecule has 1 fully saturated rings. The van der Waals surface area contributed by atoms with E-state index in [1.807, 2.05) is 42.5 Å². The van der Waals surface area contributed by atoms with Crippen molar-refractivity contribution in [3.63, 3.8) is 0 Å². The summed E-state index contributed by atoms with van der Waals surface area (Å²) in [5, 5.41) is 4.07. The summed E-state index contributed by atoms with van der Waals surface area (Å²) in [6.45, 7) is 4.23. The van der Waals surface area contributed by atoms with Crippen LogP contribution in [-0.2, 0) is 10.0 Å². The van der Waals surface area contributed by atoms with E-state index in [1.54, 1.807) is 18.3 Å². The Morgan fingerprint density at radius 2 is 1.68 bits per heavy atom. The van der Waals surface area contributed by atoms with Gasteiger partial charge in [-0.2, -0.15) is 0 Å². The molecule has 1 aliphatic heterocycles. The normalized spacial score (nSPS) is 17.6. The summed E-state index contributed by atoms with van der Waals surface area (Å²) >= 11 is 9.38. The minimum Gasteiger partial charge on any atom is -0.351 e. The van der Waals surface area contributed by atoms with Crippen molar-refractivity contribution in [2.24, 2.45) is 0 Å². The molecule has 5 rings (SSSR count). The molecule has 2 N–H and O–H groups in total. The number of hydrogen-bond acceptors (Lipinski definition) is 4. The average Bonchev–Trinajstić information content (AvgIpc) is 3.35. The first-order valence-corrected chi connectivity index (χ1v) is 14.7. The third-order valence-electron chi connectivity index (χ3n) is 6.42. The van der Waals surface area contributed by atoms with E-state index in [-0.39, 0.29) is 12.1 Å². The van der Waals surface area contributed by atoms with Crippen LogP contribution in [0.25, 0.3) is 5.69 Å². The lowest BCUT2D eigenvalue weighted by Crippen LogP contribution is -2.29. The van der Waals surface area contributed by atoms with Crippen molar-refractivity contribution in [3.8, 4) is 5.69 Å². The highest BCUT2D eigenvalue weighted by molar-refractivity contribution is 9.10. The van der Waals surface area contributed by atoms with Gasteiger partial charge in [-0.1, -0.05) is 22.0 Å². The summed E-state index contributed by atoms with van der Waals surface area (Å²) in [5.41, 5.74) is 6.67. The van der Waals surface area contributed by atoms with Crippen molar-refractivity contribution in [1.29, 1.82) is 0 Å². The minimum absolute atomic E-state index is 0.175. The van der Waals surface area contributed by atoms with Crippen molar-refractivity contribution in [3.05, 3.63) is 106 Å². The zero-order valence-corrected chi connectivity index (χ0v) is 23.7. The van der Waals surface area contributed by atoms with Gasteiger partial charge in [0.15, 0.2) is 5.11 Å². The Bertz CT molecular complexity index is 1550. The Labute approximate surface area is 230 Å². The van der Waals surface area contributed by atoms with Crippen LogP contribution < -0.4 is 14.9 Å². The number of pyridine rings is 1. The molecular weight excluding hydrogens is 570 g/mol. The van der Waals surface area contributed by atoms with E-state index in [1.165, 1.54) is 0 Å². The predicted octanol–water partition coefficient (Wildman–Crippen LogP) is 5.80. The minimum atomic E-state index is -3.37. The molecular formula is C27H26BrN5O2S2. The second-order valence-corrected chi connectivity index (χ2v) is 12.1. The molecule has 2 unspecified atom stereocenters. The number of aryl methyl sites for hydroxylation is 1. The first-order valence-electron chi connectivity index (χ1n) is 11.7. The van der Waals surface area contributed by atoms with Crippen LogP contribution in [0, 0.1) is 13.8 Å². The Morgan fingerprint density at radius 1 is 1.00 bits per heavy atom. The SMILES string of the molecule is Cc1cc(C2C(c3ccccn3)NC(=S)N2c2ccc(NS(C)(=O)=O)cc2)c(C)n1-c1ccc(Br)cc1. The van der Waals surface area contributed by atoms with Crippen LogP contribution >= 0.6 is 28.1 Å². The number of hydrogen-bond donors (Lipinski definition) is 2. The van der Waals surface area contributed by atoms with Gasteiger partial charge in [-0.05, 0) is 98.4 Å². The van der Waals surface area contributed by atoms with E-state index in [0.717, 1.165) is 44.7 Å². The first-order chi connectivity index (χ1) is 17.6. The lowest BCUT2D eigenvalue weighted by atomic mass is 9.96. The summed E-state index contributed by atoms with van der Waals surface area (Å²) < 4.78 is 29.1. The summed E-state index contributed by atoms with van der Waals surface area (Å²) in [5.74, 6) is 0. The molecule has 2 aromatic heterocycles. The number of nitrogens with one attached hydrogen (secondary N) is 2. The van der Waals surface area contributed by atoms with E-state index in [9.17, 15) is 8.42 Å². The average molecular weight is 597 g/mol. The molecule has 3 heterocycles. The summed E-state index contributed by atoms with van der Waals surface area (Å²) in [4.78, 5) is 6.73.